The van der Waals surface area contributed by atoms with Gasteiger partial charge < -0.3 is 29.7 Å². The first-order valence-electron chi connectivity index (χ1n) is 21.2. The smallest absolute Gasteiger partial charge is 0.284 e. The SMILES string of the molecule is CN1CCN(CC2CN(c3ccc(C4CCC(=O)NC4=O)c(Cl)c3)C2)CC1.C[C@@H]1CN(c2ccn3ncc(C(=O)Nc4cn(C5CCCCC5)nc4C(F)F)c3n2)CCO1. The minimum atomic E-state index is -2.79. The molecule has 5 fully saturated rings. The Hall–Kier alpha value is -4.71. The van der Waals surface area contributed by atoms with Crippen molar-refractivity contribution in [3.8, 4) is 0 Å². The van der Waals surface area contributed by atoms with Crippen molar-refractivity contribution >= 4 is 52.2 Å². The van der Waals surface area contributed by atoms with Gasteiger partial charge in [0.25, 0.3) is 12.3 Å². The van der Waals surface area contributed by atoms with Crippen LogP contribution in [-0.2, 0) is 14.3 Å². The van der Waals surface area contributed by atoms with Crippen LogP contribution in [0.5, 0.6) is 0 Å². The van der Waals surface area contributed by atoms with Crippen molar-refractivity contribution in [3.05, 3.63) is 64.7 Å². The second-order valence-electron chi connectivity index (χ2n) is 16.8. The zero-order valence-corrected chi connectivity index (χ0v) is 35.0. The lowest BCUT2D eigenvalue weighted by Gasteiger charge is -2.44. The van der Waals surface area contributed by atoms with Crippen LogP contribution in [0.25, 0.3) is 5.65 Å². The summed E-state index contributed by atoms with van der Waals surface area (Å²) in [4.78, 5) is 50.5. The minimum Gasteiger partial charge on any atom is -0.375 e. The zero-order valence-electron chi connectivity index (χ0n) is 34.2. The quantitative estimate of drug-likeness (QED) is 0.209. The van der Waals surface area contributed by atoms with E-state index in [0.29, 0.717) is 54.9 Å². The number of aromatic nitrogens is 5. The third-order valence-corrected chi connectivity index (χ3v) is 12.7. The van der Waals surface area contributed by atoms with Gasteiger partial charge in [0.15, 0.2) is 11.3 Å². The first kappa shape index (κ1) is 42.0. The number of carbonyl (C=O) groups is 3. The van der Waals surface area contributed by atoms with Crippen molar-refractivity contribution in [1.82, 2.24) is 39.5 Å². The average molecular weight is 850 g/mol. The summed E-state index contributed by atoms with van der Waals surface area (Å²) in [5.41, 5.74) is 2.12. The molecule has 18 heteroatoms. The topological polar surface area (TPSA) is 145 Å². The highest BCUT2D eigenvalue weighted by Gasteiger charge is 2.33. The van der Waals surface area contributed by atoms with E-state index < -0.39 is 18.0 Å². The number of ether oxygens (including phenoxy) is 1. The number of alkyl halides is 2. The van der Waals surface area contributed by atoms with Crippen LogP contribution in [0.4, 0.5) is 26.0 Å². The molecular formula is C42H54ClF2N11O4. The highest BCUT2D eigenvalue weighted by atomic mass is 35.5. The average Bonchev–Trinajstić information content (AvgIpc) is 3.85. The number of imide groups is 1. The van der Waals surface area contributed by atoms with E-state index in [0.717, 1.165) is 69.5 Å². The summed E-state index contributed by atoms with van der Waals surface area (Å²) in [5.74, 6) is 0.112. The molecule has 1 saturated carbocycles. The lowest BCUT2D eigenvalue weighted by atomic mass is 9.90. The lowest BCUT2D eigenvalue weighted by molar-refractivity contribution is -0.134. The van der Waals surface area contributed by atoms with Crippen molar-refractivity contribution in [2.45, 2.75) is 76.4 Å². The maximum atomic E-state index is 13.7. The number of fused-ring (bicyclic) bond motifs is 1. The predicted octanol–water partition coefficient (Wildman–Crippen LogP) is 5.39. The van der Waals surface area contributed by atoms with E-state index in [1.54, 1.807) is 10.9 Å². The molecule has 2 N–H and O–H groups in total. The van der Waals surface area contributed by atoms with Crippen LogP contribution >= 0.6 is 11.6 Å². The Balaban J connectivity index is 0.000000170. The van der Waals surface area contributed by atoms with Gasteiger partial charge in [0.05, 0.1) is 36.6 Å². The molecule has 1 aromatic carbocycles. The van der Waals surface area contributed by atoms with Gasteiger partial charge in [0.2, 0.25) is 11.8 Å². The summed E-state index contributed by atoms with van der Waals surface area (Å²) in [6, 6.07) is 7.89. The molecule has 4 saturated heterocycles. The summed E-state index contributed by atoms with van der Waals surface area (Å²) in [7, 11) is 2.19. The third kappa shape index (κ3) is 9.59. The molecule has 7 heterocycles. The number of halogens is 3. The number of hydrogen-bond acceptors (Lipinski definition) is 11. The summed E-state index contributed by atoms with van der Waals surface area (Å²) in [6.45, 7) is 11.9. The molecule has 1 unspecified atom stereocenters. The minimum absolute atomic E-state index is 0.0260. The molecule has 322 valence electrons. The summed E-state index contributed by atoms with van der Waals surface area (Å²) in [6.07, 6.45) is 7.90. The van der Waals surface area contributed by atoms with Crippen LogP contribution in [0.3, 0.4) is 0 Å². The van der Waals surface area contributed by atoms with Crippen molar-refractivity contribution in [3.63, 3.8) is 0 Å². The monoisotopic (exact) mass is 849 g/mol. The van der Waals surface area contributed by atoms with Crippen molar-refractivity contribution in [2.24, 2.45) is 5.92 Å². The van der Waals surface area contributed by atoms with Gasteiger partial charge in [0.1, 0.15) is 11.4 Å². The molecule has 0 bridgehead atoms. The van der Waals surface area contributed by atoms with Gasteiger partial charge in [-0.1, -0.05) is 36.9 Å². The Morgan fingerprint density at radius 2 is 1.80 bits per heavy atom. The Morgan fingerprint density at radius 3 is 2.52 bits per heavy atom. The summed E-state index contributed by atoms with van der Waals surface area (Å²) in [5, 5.41) is 14.0. The fraction of sp³-hybridized carbons (Fsp3) is 0.571. The van der Waals surface area contributed by atoms with E-state index in [-0.39, 0.29) is 41.1 Å². The first-order valence-corrected chi connectivity index (χ1v) is 21.5. The molecule has 4 aliphatic heterocycles. The van der Waals surface area contributed by atoms with Gasteiger partial charge in [-0.25, -0.2) is 18.3 Å². The number of carbonyl (C=O) groups excluding carboxylic acids is 3. The number of piperidine rings is 1. The number of rotatable bonds is 9. The number of nitrogens with one attached hydrogen (secondary N) is 2. The van der Waals surface area contributed by atoms with Crippen LogP contribution in [0.2, 0.25) is 5.02 Å². The number of piperazine rings is 1. The molecule has 3 aromatic heterocycles. The molecule has 2 atom stereocenters. The number of anilines is 3. The van der Waals surface area contributed by atoms with Crippen molar-refractivity contribution in [1.29, 1.82) is 0 Å². The molecule has 60 heavy (non-hydrogen) atoms. The van der Waals surface area contributed by atoms with Crippen LogP contribution in [0.1, 0.15) is 91.9 Å². The van der Waals surface area contributed by atoms with E-state index >= 15 is 0 Å². The highest BCUT2D eigenvalue weighted by Crippen LogP contribution is 2.36. The van der Waals surface area contributed by atoms with Crippen LogP contribution in [0.15, 0.2) is 42.9 Å². The molecular weight excluding hydrogens is 796 g/mol. The van der Waals surface area contributed by atoms with Gasteiger partial charge in [-0.3, -0.25) is 24.4 Å². The molecule has 0 radical (unpaired) electrons. The van der Waals surface area contributed by atoms with Gasteiger partial charge in [-0.2, -0.15) is 10.2 Å². The standard InChI is InChI=1S/C22H27F2N7O2.C20H27ClN4O2/c1-14-12-29(9-10-33-14)18-7-8-30-21(27-18)16(11-25-30)22(32)26-17-13-31(28-19(17)20(23)24)15-5-3-2-4-6-15;1-23-6-8-24(9-7-23)11-14-12-25(13-14)15-2-3-16(18(21)10-15)17-4-5-19(26)22-20(17)27/h7-8,11,13-15,20H,2-6,9-10,12H2,1H3,(H,26,32);2-3,10,14,17H,4-9,11-13H2,1H3,(H,22,26,27)/t14-;/m1./s1. The molecule has 15 nitrogen and oxygen atoms in total. The normalized spacial score (nSPS) is 22.4. The zero-order chi connectivity index (χ0) is 41.9. The third-order valence-electron chi connectivity index (χ3n) is 12.4. The van der Waals surface area contributed by atoms with E-state index in [1.165, 1.54) is 36.5 Å². The molecule has 1 aliphatic carbocycles. The number of nitrogens with zero attached hydrogens (tertiary/aromatic N) is 9. The van der Waals surface area contributed by atoms with E-state index in [1.807, 2.05) is 25.1 Å². The maximum Gasteiger partial charge on any atom is 0.284 e. The number of amides is 3. The van der Waals surface area contributed by atoms with Gasteiger partial charge in [-0.05, 0) is 57.0 Å². The molecule has 0 spiro atoms. The van der Waals surface area contributed by atoms with E-state index in [4.69, 9.17) is 16.3 Å². The Morgan fingerprint density at radius 1 is 1.02 bits per heavy atom. The van der Waals surface area contributed by atoms with Crippen molar-refractivity contribution in [2.75, 3.05) is 87.7 Å². The number of benzene rings is 1. The summed E-state index contributed by atoms with van der Waals surface area (Å²) >= 11 is 6.49. The number of hydrogen-bond donors (Lipinski definition) is 2. The Kier molecular flexibility index (Phi) is 12.9. The fourth-order valence-corrected chi connectivity index (χ4v) is 9.19. The highest BCUT2D eigenvalue weighted by molar-refractivity contribution is 6.32. The largest absolute Gasteiger partial charge is 0.375 e. The van der Waals surface area contributed by atoms with Crippen LogP contribution in [-0.4, -0.2) is 131 Å². The fourth-order valence-electron chi connectivity index (χ4n) is 8.88. The number of morpholine rings is 1. The number of likely N-dealkylation sites (N-methyl/N-ethyl adjacent to an activating group) is 1. The lowest BCUT2D eigenvalue weighted by Crippen LogP contribution is -2.54. The van der Waals surface area contributed by atoms with Gasteiger partial charge >= 0.3 is 0 Å². The molecule has 9 rings (SSSR count). The Labute approximate surface area is 353 Å². The van der Waals surface area contributed by atoms with Crippen LogP contribution < -0.4 is 20.4 Å². The second-order valence-corrected chi connectivity index (χ2v) is 17.2. The molecule has 5 aliphatic rings. The molecule has 4 aromatic rings. The van der Waals surface area contributed by atoms with Gasteiger partial charge in [0, 0.05) is 94.3 Å². The Bertz CT molecular complexity index is 2160. The van der Waals surface area contributed by atoms with Gasteiger partial charge in [-0.15, -0.1) is 0 Å². The predicted molar refractivity (Wildman–Crippen MR) is 224 cm³/mol. The second kappa shape index (κ2) is 18.5. The summed E-state index contributed by atoms with van der Waals surface area (Å²) < 4.78 is 36.0. The van der Waals surface area contributed by atoms with Crippen molar-refractivity contribution < 1.29 is 27.9 Å². The van der Waals surface area contributed by atoms with Crippen LogP contribution in [0, 0.1) is 5.92 Å². The molecule has 3 amide bonds. The maximum absolute atomic E-state index is 13.7. The van der Waals surface area contributed by atoms with E-state index in [2.05, 4.69) is 58.5 Å². The van der Waals surface area contributed by atoms with E-state index in [9.17, 15) is 23.2 Å². The first-order chi connectivity index (χ1) is 29.0.